The molecule has 142 valence electrons. The summed E-state index contributed by atoms with van der Waals surface area (Å²) in [7, 11) is 0. The molecule has 6 nitrogen and oxygen atoms in total. The lowest BCUT2D eigenvalue weighted by Gasteiger charge is -2.19. The Bertz CT molecular complexity index is 894. The number of nitrogens with zero attached hydrogens (tertiary/aromatic N) is 3. The fraction of sp³-hybridized carbons (Fsp3) is 0.476. The summed E-state index contributed by atoms with van der Waals surface area (Å²) in [6, 6.07) is 5.93. The molecular formula is C21H26N4O2. The van der Waals surface area contributed by atoms with Crippen molar-refractivity contribution in [3.8, 4) is 0 Å². The van der Waals surface area contributed by atoms with Crippen LogP contribution in [0.1, 0.15) is 63.6 Å². The van der Waals surface area contributed by atoms with Crippen molar-refractivity contribution in [3.05, 3.63) is 46.5 Å². The normalized spacial score (nSPS) is 16.3. The lowest BCUT2D eigenvalue weighted by Crippen LogP contribution is -2.29. The van der Waals surface area contributed by atoms with Crippen molar-refractivity contribution in [3.63, 3.8) is 0 Å². The first kappa shape index (κ1) is 17.8. The average Bonchev–Trinajstić information content (AvgIpc) is 3.31. The molecule has 1 fully saturated rings. The van der Waals surface area contributed by atoms with Gasteiger partial charge in [-0.1, -0.05) is 17.7 Å². The van der Waals surface area contributed by atoms with Gasteiger partial charge in [-0.3, -0.25) is 9.59 Å². The number of amides is 2. The van der Waals surface area contributed by atoms with Crippen LogP contribution < -0.4 is 5.32 Å². The van der Waals surface area contributed by atoms with Crippen molar-refractivity contribution in [2.75, 3.05) is 18.4 Å². The van der Waals surface area contributed by atoms with Crippen LogP contribution in [0.5, 0.6) is 0 Å². The van der Waals surface area contributed by atoms with Crippen LogP contribution in [0.4, 0.5) is 5.69 Å². The maximum absolute atomic E-state index is 13.0. The Morgan fingerprint density at radius 2 is 1.78 bits per heavy atom. The lowest BCUT2D eigenvalue weighted by molar-refractivity contribution is 0.0786. The van der Waals surface area contributed by atoms with Crippen LogP contribution >= 0.6 is 0 Å². The standard InChI is InChI=1S/C21H26N4O2/c1-14-8-9-16(15(2)13-14)22-20(26)19-23-18(17-7-3-4-12-25(17)19)21(27)24-10-5-6-11-24/h8-9,13H,3-7,10-12H2,1-2H3,(H,22,26). The van der Waals surface area contributed by atoms with Gasteiger partial charge in [-0.05, 0) is 57.6 Å². The quantitative estimate of drug-likeness (QED) is 0.906. The number of nitrogens with one attached hydrogen (secondary N) is 1. The topological polar surface area (TPSA) is 67.2 Å². The van der Waals surface area contributed by atoms with Crippen molar-refractivity contribution < 1.29 is 9.59 Å². The van der Waals surface area contributed by atoms with Crippen LogP contribution in [-0.4, -0.2) is 39.4 Å². The molecule has 2 aromatic rings. The Balaban J connectivity index is 1.65. The molecule has 2 aliphatic heterocycles. The molecule has 2 aliphatic rings. The minimum Gasteiger partial charge on any atom is -0.337 e. The molecule has 1 aromatic carbocycles. The van der Waals surface area contributed by atoms with Crippen LogP contribution in [-0.2, 0) is 13.0 Å². The molecule has 0 saturated carbocycles. The molecule has 0 bridgehead atoms. The second-order valence-corrected chi connectivity index (χ2v) is 7.61. The molecule has 4 rings (SSSR count). The molecule has 6 heteroatoms. The van der Waals surface area contributed by atoms with E-state index >= 15 is 0 Å². The summed E-state index contributed by atoms with van der Waals surface area (Å²) < 4.78 is 1.95. The van der Waals surface area contributed by atoms with Crippen LogP contribution in [0.3, 0.4) is 0 Å². The number of hydrogen-bond acceptors (Lipinski definition) is 3. The molecule has 1 saturated heterocycles. The van der Waals surface area contributed by atoms with Gasteiger partial charge in [-0.25, -0.2) is 4.98 Å². The molecule has 1 N–H and O–H groups in total. The number of rotatable bonds is 3. The van der Waals surface area contributed by atoms with Gasteiger partial charge in [0.25, 0.3) is 11.8 Å². The third kappa shape index (κ3) is 3.36. The third-order valence-electron chi connectivity index (χ3n) is 5.55. The summed E-state index contributed by atoms with van der Waals surface area (Å²) in [6.45, 7) is 6.32. The van der Waals surface area contributed by atoms with Crippen molar-refractivity contribution in [2.45, 2.75) is 52.5 Å². The molecule has 2 amide bonds. The van der Waals surface area contributed by atoms with Crippen molar-refractivity contribution >= 4 is 17.5 Å². The second-order valence-electron chi connectivity index (χ2n) is 7.61. The van der Waals surface area contributed by atoms with Crippen LogP contribution in [0.2, 0.25) is 0 Å². The smallest absolute Gasteiger partial charge is 0.291 e. The van der Waals surface area contributed by atoms with Gasteiger partial charge in [0.2, 0.25) is 0 Å². The summed E-state index contributed by atoms with van der Waals surface area (Å²) >= 11 is 0. The van der Waals surface area contributed by atoms with Gasteiger partial charge in [0.05, 0.1) is 5.69 Å². The highest BCUT2D eigenvalue weighted by atomic mass is 16.2. The number of likely N-dealkylation sites (tertiary alicyclic amines) is 1. The number of carbonyl (C=O) groups is 2. The lowest BCUT2D eigenvalue weighted by atomic mass is 10.1. The van der Waals surface area contributed by atoms with E-state index < -0.39 is 0 Å². The maximum Gasteiger partial charge on any atom is 0.291 e. The number of benzene rings is 1. The van der Waals surface area contributed by atoms with Crippen LogP contribution in [0.25, 0.3) is 0 Å². The van der Waals surface area contributed by atoms with E-state index in [1.54, 1.807) is 0 Å². The largest absolute Gasteiger partial charge is 0.337 e. The van der Waals surface area contributed by atoms with E-state index in [0.717, 1.165) is 74.2 Å². The van der Waals surface area contributed by atoms with E-state index in [4.69, 9.17) is 0 Å². The highest BCUT2D eigenvalue weighted by Crippen LogP contribution is 2.25. The SMILES string of the molecule is Cc1ccc(NC(=O)c2nc(C(=O)N3CCCC3)c3n2CCCC3)c(C)c1. The molecule has 1 aromatic heterocycles. The first-order valence-corrected chi connectivity index (χ1v) is 9.82. The Morgan fingerprint density at radius 1 is 1.04 bits per heavy atom. The second kappa shape index (κ2) is 7.18. The minimum atomic E-state index is -0.245. The van der Waals surface area contributed by atoms with Crippen LogP contribution in [0.15, 0.2) is 18.2 Å². The van der Waals surface area contributed by atoms with Crippen LogP contribution in [0, 0.1) is 13.8 Å². The Kier molecular flexibility index (Phi) is 4.72. The zero-order valence-corrected chi connectivity index (χ0v) is 16.0. The first-order chi connectivity index (χ1) is 13.0. The number of hydrogen-bond donors (Lipinski definition) is 1. The summed E-state index contributed by atoms with van der Waals surface area (Å²) in [5.74, 6) is 0.0847. The zero-order chi connectivity index (χ0) is 19.0. The van der Waals surface area contributed by atoms with Gasteiger partial charge < -0.3 is 14.8 Å². The van der Waals surface area contributed by atoms with E-state index in [0.29, 0.717) is 11.5 Å². The van der Waals surface area contributed by atoms with E-state index in [2.05, 4.69) is 10.3 Å². The molecular weight excluding hydrogens is 340 g/mol. The minimum absolute atomic E-state index is 0.0243. The number of imidazole rings is 1. The van der Waals surface area contributed by atoms with E-state index in [9.17, 15) is 9.59 Å². The number of anilines is 1. The van der Waals surface area contributed by atoms with Gasteiger partial charge in [-0.15, -0.1) is 0 Å². The monoisotopic (exact) mass is 366 g/mol. The number of aryl methyl sites for hydroxylation is 2. The van der Waals surface area contributed by atoms with E-state index in [1.807, 2.05) is 41.5 Å². The van der Waals surface area contributed by atoms with E-state index in [-0.39, 0.29) is 11.8 Å². The van der Waals surface area contributed by atoms with Gasteiger partial charge >= 0.3 is 0 Å². The third-order valence-corrected chi connectivity index (χ3v) is 5.55. The molecule has 0 aliphatic carbocycles. The number of carbonyl (C=O) groups excluding carboxylic acids is 2. The predicted octanol–water partition coefficient (Wildman–Crippen LogP) is 3.32. The molecule has 0 unspecified atom stereocenters. The van der Waals surface area contributed by atoms with E-state index in [1.165, 1.54) is 0 Å². The van der Waals surface area contributed by atoms with Crippen molar-refractivity contribution in [1.29, 1.82) is 0 Å². The fourth-order valence-electron chi connectivity index (χ4n) is 4.09. The first-order valence-electron chi connectivity index (χ1n) is 9.82. The Hall–Kier alpha value is -2.63. The molecule has 0 radical (unpaired) electrons. The fourth-order valence-corrected chi connectivity index (χ4v) is 4.09. The predicted molar refractivity (Wildman–Crippen MR) is 104 cm³/mol. The maximum atomic E-state index is 13.0. The zero-order valence-electron chi connectivity index (χ0n) is 16.0. The molecule has 27 heavy (non-hydrogen) atoms. The summed E-state index contributed by atoms with van der Waals surface area (Å²) in [6.07, 6.45) is 4.93. The highest BCUT2D eigenvalue weighted by molar-refractivity contribution is 6.04. The molecule has 0 atom stereocenters. The molecule has 0 spiro atoms. The Labute approximate surface area is 159 Å². The van der Waals surface area contributed by atoms with Gasteiger partial charge in [0.15, 0.2) is 5.82 Å². The van der Waals surface area contributed by atoms with Crippen molar-refractivity contribution in [1.82, 2.24) is 14.5 Å². The number of fused-ring (bicyclic) bond motifs is 1. The van der Waals surface area contributed by atoms with Gasteiger partial charge in [-0.2, -0.15) is 0 Å². The van der Waals surface area contributed by atoms with Gasteiger partial charge in [0, 0.05) is 25.3 Å². The molecule has 3 heterocycles. The highest BCUT2D eigenvalue weighted by Gasteiger charge is 2.30. The summed E-state index contributed by atoms with van der Waals surface area (Å²) in [5.41, 5.74) is 4.35. The summed E-state index contributed by atoms with van der Waals surface area (Å²) in [4.78, 5) is 32.3. The Morgan fingerprint density at radius 3 is 2.52 bits per heavy atom. The average molecular weight is 366 g/mol. The van der Waals surface area contributed by atoms with Gasteiger partial charge in [0.1, 0.15) is 5.69 Å². The van der Waals surface area contributed by atoms with Crippen molar-refractivity contribution in [2.24, 2.45) is 0 Å². The number of aromatic nitrogens is 2. The summed E-state index contributed by atoms with van der Waals surface area (Å²) in [5, 5.41) is 2.98.